The molecule has 6 heteroatoms. The summed E-state index contributed by atoms with van der Waals surface area (Å²) >= 11 is 0. The van der Waals surface area contributed by atoms with E-state index in [1.165, 1.54) is 6.92 Å². The minimum absolute atomic E-state index is 0. The molecule has 1 N–H and O–H groups in total. The summed E-state index contributed by atoms with van der Waals surface area (Å²) in [5, 5.41) is 9.16. The van der Waals surface area contributed by atoms with Crippen LogP contribution in [0.15, 0.2) is 0 Å². The maximum Gasteiger partial charge on any atom is 0.415 e. The molecule has 2 atom stereocenters. The SMILES string of the molecule is CC(C)N(C(C)C)C(C)C(O)C(F)(F)F.[Ni]. The number of hydrogen-bond acceptors (Lipinski definition) is 2. The van der Waals surface area contributed by atoms with E-state index in [-0.39, 0.29) is 28.6 Å². The zero-order valence-electron chi connectivity index (χ0n) is 10.2. The maximum absolute atomic E-state index is 12.3. The van der Waals surface area contributed by atoms with Crippen LogP contribution in [-0.2, 0) is 16.5 Å². The number of aliphatic hydroxyl groups is 1. The van der Waals surface area contributed by atoms with E-state index in [9.17, 15) is 13.2 Å². The number of rotatable bonds is 4. The molecule has 2 unspecified atom stereocenters. The molecule has 0 saturated heterocycles. The topological polar surface area (TPSA) is 23.5 Å². The van der Waals surface area contributed by atoms with Gasteiger partial charge in [0.2, 0.25) is 0 Å². The average molecular weight is 286 g/mol. The molecule has 0 aliphatic carbocycles. The van der Waals surface area contributed by atoms with E-state index < -0.39 is 18.3 Å². The van der Waals surface area contributed by atoms with Crippen LogP contribution in [0.5, 0.6) is 0 Å². The van der Waals surface area contributed by atoms with Gasteiger partial charge in [0, 0.05) is 34.6 Å². The molecular formula is C10H20F3NNiO. The first-order valence-corrected chi connectivity index (χ1v) is 5.11. The van der Waals surface area contributed by atoms with Crippen molar-refractivity contribution in [1.82, 2.24) is 4.90 Å². The molecular weight excluding hydrogens is 266 g/mol. The van der Waals surface area contributed by atoms with E-state index in [0.29, 0.717) is 0 Å². The van der Waals surface area contributed by atoms with E-state index in [1.807, 2.05) is 27.7 Å². The first-order chi connectivity index (χ1) is 6.59. The van der Waals surface area contributed by atoms with Crippen molar-refractivity contribution in [1.29, 1.82) is 0 Å². The second kappa shape index (κ2) is 6.82. The third-order valence-electron chi connectivity index (χ3n) is 2.46. The van der Waals surface area contributed by atoms with Gasteiger partial charge in [0.25, 0.3) is 0 Å². The molecule has 0 aliphatic rings. The number of hydrogen-bond donors (Lipinski definition) is 1. The molecule has 0 spiro atoms. The van der Waals surface area contributed by atoms with Crippen LogP contribution in [-0.4, -0.2) is 40.4 Å². The summed E-state index contributed by atoms with van der Waals surface area (Å²) in [6.45, 7) is 8.68. The molecule has 0 amide bonds. The van der Waals surface area contributed by atoms with Gasteiger partial charge in [-0.25, -0.2) is 0 Å². The van der Waals surface area contributed by atoms with Crippen LogP contribution >= 0.6 is 0 Å². The Morgan fingerprint density at radius 2 is 1.25 bits per heavy atom. The predicted octanol–water partition coefficient (Wildman–Crippen LogP) is 2.41. The third kappa shape index (κ3) is 5.02. The first-order valence-electron chi connectivity index (χ1n) is 5.11. The Balaban J connectivity index is 0. The summed E-state index contributed by atoms with van der Waals surface area (Å²) in [6, 6.07) is -0.987. The molecule has 0 fully saturated rings. The van der Waals surface area contributed by atoms with Gasteiger partial charge in [-0.1, -0.05) is 0 Å². The van der Waals surface area contributed by atoms with E-state index in [4.69, 9.17) is 5.11 Å². The van der Waals surface area contributed by atoms with E-state index >= 15 is 0 Å². The Morgan fingerprint density at radius 1 is 0.938 bits per heavy atom. The molecule has 0 heterocycles. The fourth-order valence-corrected chi connectivity index (χ4v) is 1.97. The van der Waals surface area contributed by atoms with Crippen LogP contribution in [0.25, 0.3) is 0 Å². The number of aliphatic hydroxyl groups excluding tert-OH is 1. The van der Waals surface area contributed by atoms with Crippen molar-refractivity contribution in [3.63, 3.8) is 0 Å². The molecule has 0 aromatic heterocycles. The molecule has 102 valence electrons. The number of nitrogens with zero attached hydrogens (tertiary/aromatic N) is 1. The smallest absolute Gasteiger partial charge is 0.382 e. The van der Waals surface area contributed by atoms with Crippen LogP contribution in [0.1, 0.15) is 34.6 Å². The van der Waals surface area contributed by atoms with Gasteiger partial charge in [-0.2, -0.15) is 13.2 Å². The van der Waals surface area contributed by atoms with E-state index in [0.717, 1.165) is 0 Å². The van der Waals surface area contributed by atoms with Gasteiger partial charge < -0.3 is 5.11 Å². The summed E-state index contributed by atoms with van der Waals surface area (Å²) in [5.41, 5.74) is 0. The molecule has 0 aliphatic heterocycles. The molecule has 0 saturated carbocycles. The maximum atomic E-state index is 12.3. The van der Waals surface area contributed by atoms with Crippen molar-refractivity contribution in [2.24, 2.45) is 0 Å². The van der Waals surface area contributed by atoms with Crippen molar-refractivity contribution < 1.29 is 34.8 Å². The minimum atomic E-state index is -4.55. The Labute approximate surface area is 105 Å². The van der Waals surface area contributed by atoms with Crippen LogP contribution in [0.2, 0.25) is 0 Å². The third-order valence-corrected chi connectivity index (χ3v) is 2.46. The van der Waals surface area contributed by atoms with Crippen molar-refractivity contribution in [3.05, 3.63) is 0 Å². The Kier molecular flexibility index (Phi) is 7.92. The van der Waals surface area contributed by atoms with Gasteiger partial charge in [-0.3, -0.25) is 4.90 Å². The van der Waals surface area contributed by atoms with Gasteiger partial charge in [0.1, 0.15) is 0 Å². The Bertz CT molecular complexity index is 189. The quantitative estimate of drug-likeness (QED) is 0.802. The van der Waals surface area contributed by atoms with Crippen LogP contribution in [0.3, 0.4) is 0 Å². The molecule has 0 aromatic rings. The van der Waals surface area contributed by atoms with Gasteiger partial charge in [-0.15, -0.1) is 0 Å². The number of alkyl halides is 3. The van der Waals surface area contributed by atoms with Crippen LogP contribution in [0, 0.1) is 0 Å². The normalized spacial score (nSPS) is 16.5. The van der Waals surface area contributed by atoms with Gasteiger partial charge in [-0.05, 0) is 34.6 Å². The minimum Gasteiger partial charge on any atom is -0.382 e. The Hall–Kier alpha value is 0.204. The summed E-state index contributed by atoms with van der Waals surface area (Å²) in [4.78, 5) is 1.65. The average Bonchev–Trinajstić information content (AvgIpc) is 1.99. The summed E-state index contributed by atoms with van der Waals surface area (Å²) < 4.78 is 36.9. The van der Waals surface area contributed by atoms with Gasteiger partial charge in [0.05, 0.1) is 0 Å². The van der Waals surface area contributed by atoms with Crippen LogP contribution < -0.4 is 0 Å². The zero-order chi connectivity index (χ0) is 12.4. The van der Waals surface area contributed by atoms with Crippen molar-refractivity contribution >= 4 is 0 Å². The van der Waals surface area contributed by atoms with Gasteiger partial charge >= 0.3 is 6.18 Å². The second-order valence-corrected chi connectivity index (χ2v) is 4.36. The summed E-state index contributed by atoms with van der Waals surface area (Å²) in [5.74, 6) is 0. The van der Waals surface area contributed by atoms with E-state index in [1.54, 1.807) is 4.90 Å². The monoisotopic (exact) mass is 285 g/mol. The molecule has 0 radical (unpaired) electrons. The molecule has 0 bridgehead atoms. The van der Waals surface area contributed by atoms with Crippen LogP contribution in [0.4, 0.5) is 13.2 Å². The second-order valence-electron chi connectivity index (χ2n) is 4.36. The molecule has 2 nitrogen and oxygen atoms in total. The standard InChI is InChI=1S/C10H20F3NO.Ni/c1-6(2)14(7(3)4)8(5)9(15)10(11,12)13;/h6-9,15H,1-5H3;. The fourth-order valence-electron chi connectivity index (χ4n) is 1.97. The number of halogens is 3. The van der Waals surface area contributed by atoms with E-state index in [2.05, 4.69) is 0 Å². The predicted molar refractivity (Wildman–Crippen MR) is 53.6 cm³/mol. The largest absolute Gasteiger partial charge is 0.415 e. The molecule has 0 aromatic carbocycles. The van der Waals surface area contributed by atoms with Crippen molar-refractivity contribution in [2.45, 2.75) is 65.0 Å². The first kappa shape index (κ1) is 18.6. The zero-order valence-corrected chi connectivity index (χ0v) is 11.1. The van der Waals surface area contributed by atoms with Crippen molar-refractivity contribution in [3.8, 4) is 0 Å². The Morgan fingerprint density at radius 3 is 1.44 bits per heavy atom. The fraction of sp³-hybridized carbons (Fsp3) is 1.00. The molecule has 0 rings (SSSR count). The summed E-state index contributed by atoms with van der Waals surface area (Å²) in [6.07, 6.45) is -6.84. The molecule has 16 heavy (non-hydrogen) atoms. The van der Waals surface area contributed by atoms with Gasteiger partial charge in [0.15, 0.2) is 6.10 Å². The summed E-state index contributed by atoms with van der Waals surface area (Å²) in [7, 11) is 0. The van der Waals surface area contributed by atoms with Crippen molar-refractivity contribution in [2.75, 3.05) is 0 Å².